The smallest absolute Gasteiger partial charge is 0.414 e. The van der Waals surface area contributed by atoms with Crippen LogP contribution in [0.25, 0.3) is 11.1 Å². The van der Waals surface area contributed by atoms with E-state index in [1.165, 1.54) is 0 Å². The third-order valence-corrected chi connectivity index (χ3v) is 9.39. The number of carboxylic acids is 1. The first-order valence-corrected chi connectivity index (χ1v) is 23.2. The Labute approximate surface area is 410 Å². The molecule has 2 aromatic rings. The van der Waals surface area contributed by atoms with Crippen molar-refractivity contribution in [3.8, 4) is 11.1 Å². The van der Waals surface area contributed by atoms with Crippen molar-refractivity contribution in [2.45, 2.75) is 162 Å². The normalized spacial score (nSPS) is 13.1. The van der Waals surface area contributed by atoms with Gasteiger partial charge in [0.2, 0.25) is 17.8 Å². The molecule has 21 heteroatoms. The lowest BCUT2D eigenvalue weighted by Crippen LogP contribution is -2.51. The Kier molecular flexibility index (Phi) is 21.0. The molecule has 0 radical (unpaired) electrons. The molecular formula is C49H72N8O13. The monoisotopic (exact) mass is 981 g/mol. The van der Waals surface area contributed by atoms with Crippen molar-refractivity contribution < 1.29 is 62.4 Å². The average molecular weight is 981 g/mol. The Hall–Kier alpha value is -6.93. The molecule has 0 aromatic heterocycles. The third kappa shape index (κ3) is 22.0. The summed E-state index contributed by atoms with van der Waals surface area (Å²) in [6.07, 6.45) is -3.40. The van der Waals surface area contributed by atoms with Crippen LogP contribution in [0.5, 0.6) is 0 Å². The van der Waals surface area contributed by atoms with Gasteiger partial charge in [-0.15, -0.1) is 0 Å². The fourth-order valence-electron chi connectivity index (χ4n) is 6.70. The Balaban J connectivity index is 1.74. The summed E-state index contributed by atoms with van der Waals surface area (Å²) in [5, 5.41) is 24.9. The molecule has 0 saturated carbocycles. The predicted molar refractivity (Wildman–Crippen MR) is 261 cm³/mol. The molecule has 1 aliphatic rings. The number of hydrogen-bond acceptors (Lipinski definition) is 14. The zero-order chi connectivity index (χ0) is 52.5. The molecule has 3 rings (SSSR count). The van der Waals surface area contributed by atoms with E-state index in [9.17, 15) is 38.7 Å². The lowest BCUT2D eigenvalue weighted by Gasteiger charge is -2.22. The molecule has 7 N–H and O–H groups in total. The minimum Gasteiger partial charge on any atom is -0.480 e. The lowest BCUT2D eigenvalue weighted by atomic mass is 9.98. The summed E-state index contributed by atoms with van der Waals surface area (Å²) in [5.41, 5.74) is 0.642. The van der Waals surface area contributed by atoms with Gasteiger partial charge in [-0.25, -0.2) is 28.8 Å². The van der Waals surface area contributed by atoms with Crippen LogP contribution in [-0.4, -0.2) is 114 Å². The molecule has 2 unspecified atom stereocenters. The Morgan fingerprint density at radius 1 is 0.514 bits per heavy atom. The van der Waals surface area contributed by atoms with Crippen molar-refractivity contribution in [3.63, 3.8) is 0 Å². The minimum atomic E-state index is -1.38. The molecular weight excluding hydrogens is 909 g/mol. The van der Waals surface area contributed by atoms with Crippen molar-refractivity contribution in [1.82, 2.24) is 31.9 Å². The number of alkyl carbamates (subject to hydrolysis) is 5. The van der Waals surface area contributed by atoms with E-state index in [1.54, 1.807) is 83.1 Å². The minimum absolute atomic E-state index is 0.0129. The number of aliphatic carboxylic acids is 1. The number of benzene rings is 2. The zero-order valence-corrected chi connectivity index (χ0v) is 42.5. The van der Waals surface area contributed by atoms with Crippen molar-refractivity contribution >= 4 is 54.3 Å². The largest absolute Gasteiger partial charge is 0.480 e. The summed E-state index contributed by atoms with van der Waals surface area (Å²) < 4.78 is 26.9. The summed E-state index contributed by atoms with van der Waals surface area (Å²) in [6.45, 7) is 20.0. The van der Waals surface area contributed by atoms with Gasteiger partial charge >= 0.3 is 36.4 Å². The van der Waals surface area contributed by atoms with Crippen molar-refractivity contribution in [2.24, 2.45) is 9.98 Å². The Bertz CT molecular complexity index is 2110. The van der Waals surface area contributed by atoms with Gasteiger partial charge in [0.15, 0.2) is 0 Å². The van der Waals surface area contributed by atoms with Crippen LogP contribution >= 0.6 is 0 Å². The Morgan fingerprint density at radius 3 is 1.23 bits per heavy atom. The number of carbonyl (C=O) groups excluding carboxylic acids is 6. The fourth-order valence-corrected chi connectivity index (χ4v) is 6.70. The molecule has 1 aliphatic carbocycles. The van der Waals surface area contributed by atoms with Gasteiger partial charge in [0.05, 0.1) is 0 Å². The number of carboxylic acid groups (broad SMARTS) is 1. The van der Waals surface area contributed by atoms with Crippen LogP contribution in [0.2, 0.25) is 0 Å². The molecule has 6 amide bonds. The van der Waals surface area contributed by atoms with E-state index in [2.05, 4.69) is 41.9 Å². The number of aliphatic imine (C=N–C) groups is 2. The van der Waals surface area contributed by atoms with Crippen LogP contribution in [0, 0.1) is 0 Å². The topological polar surface area (TPSA) is 283 Å². The van der Waals surface area contributed by atoms with Crippen molar-refractivity contribution in [2.75, 3.05) is 19.7 Å². The number of hydrogen-bond donors (Lipinski definition) is 7. The highest BCUT2D eigenvalue weighted by atomic mass is 16.6. The highest BCUT2D eigenvalue weighted by Crippen LogP contribution is 2.44. The van der Waals surface area contributed by atoms with Crippen molar-refractivity contribution in [3.05, 3.63) is 59.7 Å². The predicted octanol–water partition coefficient (Wildman–Crippen LogP) is 7.61. The second kappa shape index (κ2) is 25.6. The van der Waals surface area contributed by atoms with E-state index in [1.807, 2.05) is 48.5 Å². The average Bonchev–Trinajstić information content (AvgIpc) is 3.52. The number of guanidine groups is 2. The van der Waals surface area contributed by atoms with Gasteiger partial charge < -0.3 is 39.4 Å². The summed E-state index contributed by atoms with van der Waals surface area (Å²) >= 11 is 0. The van der Waals surface area contributed by atoms with Crippen LogP contribution in [0.4, 0.5) is 24.0 Å². The van der Waals surface area contributed by atoms with E-state index in [-0.39, 0.29) is 76.1 Å². The van der Waals surface area contributed by atoms with Crippen LogP contribution in [0.1, 0.15) is 139 Å². The molecule has 2 atom stereocenters. The number of ether oxygens (including phenoxy) is 5. The maximum Gasteiger partial charge on any atom is 0.414 e. The summed E-state index contributed by atoms with van der Waals surface area (Å²) in [7, 11) is 0. The molecule has 0 aliphatic heterocycles. The molecule has 0 fully saturated rings. The number of nitrogens with zero attached hydrogens (tertiary/aromatic N) is 2. The summed E-state index contributed by atoms with van der Waals surface area (Å²) in [4.78, 5) is 98.5. The number of nitrogens with one attached hydrogen (secondary N) is 6. The van der Waals surface area contributed by atoms with Crippen LogP contribution in [0.3, 0.4) is 0 Å². The van der Waals surface area contributed by atoms with E-state index in [0.29, 0.717) is 0 Å². The van der Waals surface area contributed by atoms with Gasteiger partial charge in [-0.3, -0.25) is 36.0 Å². The number of rotatable bonds is 16. The molecule has 0 spiro atoms. The van der Waals surface area contributed by atoms with Gasteiger partial charge in [0, 0.05) is 19.0 Å². The lowest BCUT2D eigenvalue weighted by molar-refractivity contribution is -0.142. The van der Waals surface area contributed by atoms with Gasteiger partial charge in [-0.2, -0.15) is 0 Å². The number of carbonyl (C=O) groups is 7. The third-order valence-electron chi connectivity index (χ3n) is 9.39. The number of fused-ring (bicyclic) bond motifs is 3. The van der Waals surface area contributed by atoms with Gasteiger partial charge in [0.25, 0.3) is 0 Å². The first-order chi connectivity index (χ1) is 32.5. The number of unbranched alkanes of at least 4 members (excludes halogenated alkanes) is 2. The molecule has 0 bridgehead atoms. The maximum absolute atomic E-state index is 13.9. The molecule has 70 heavy (non-hydrogen) atoms. The number of amides is 6. The highest BCUT2D eigenvalue weighted by molar-refractivity contribution is 6.02. The van der Waals surface area contributed by atoms with Crippen LogP contribution in [0.15, 0.2) is 58.5 Å². The van der Waals surface area contributed by atoms with Crippen molar-refractivity contribution in [1.29, 1.82) is 0 Å². The summed E-state index contributed by atoms with van der Waals surface area (Å²) in [6, 6.07) is 13.0. The fraction of sp³-hybridized carbons (Fsp3) is 0.571. The first-order valence-electron chi connectivity index (χ1n) is 23.2. The second-order valence-electron chi connectivity index (χ2n) is 20.4. The zero-order valence-electron chi connectivity index (χ0n) is 42.5. The molecule has 386 valence electrons. The van der Waals surface area contributed by atoms with Gasteiger partial charge in [0.1, 0.15) is 41.1 Å². The quantitative estimate of drug-likeness (QED) is 0.0369. The van der Waals surface area contributed by atoms with Gasteiger partial charge in [-0.05, 0) is 144 Å². The second-order valence-corrected chi connectivity index (χ2v) is 20.4. The van der Waals surface area contributed by atoms with E-state index < -0.39 is 76.8 Å². The van der Waals surface area contributed by atoms with Crippen LogP contribution < -0.4 is 31.9 Å². The standard InChI is InChI=1S/C49H72N8O13/c1-46(2,3)67-42(62)54-39(55-43(63)68-47(4,5)6)50-27-19-17-25-35(53-41(61)66-29-34-32-23-15-13-21-30(32)31-22-14-16-24-33(31)34)37(58)52-36(38(59)60)26-18-20-28-51-40(56-44(64)69-48(7,8)9)57-45(65)70-49(10,11)12/h13-16,21-24,34-36H,17-20,25-29H2,1-12H3,(H,52,58)(H,53,61)(H,59,60)(H2,50,54,55,62,63)(H2,51,56,57,64,65). The van der Waals surface area contributed by atoms with Gasteiger partial charge in [-0.1, -0.05) is 48.5 Å². The van der Waals surface area contributed by atoms with E-state index in [0.717, 1.165) is 22.3 Å². The first kappa shape index (κ1) is 57.4. The SMILES string of the molecule is CC(C)(C)OC(=O)NC(=NCCCCC(NC(=O)C(CCCCN=C(NC(=O)OC(C)(C)C)NC(=O)OC(C)(C)C)NC(=O)OCC1c2ccccc2-c2ccccc21)C(=O)O)NC(=O)OC(C)(C)C. The molecule has 21 nitrogen and oxygen atoms in total. The van der Waals surface area contributed by atoms with E-state index in [4.69, 9.17) is 23.7 Å². The summed E-state index contributed by atoms with van der Waals surface area (Å²) in [5.74, 6) is -2.85. The molecule has 2 aromatic carbocycles. The van der Waals surface area contributed by atoms with Crippen LogP contribution in [-0.2, 0) is 33.3 Å². The van der Waals surface area contributed by atoms with E-state index >= 15 is 0 Å². The highest BCUT2D eigenvalue weighted by Gasteiger charge is 2.31. The maximum atomic E-state index is 13.9. The molecule has 0 saturated heterocycles. The Morgan fingerprint density at radius 2 is 0.871 bits per heavy atom. The molecule has 0 heterocycles.